The topological polar surface area (TPSA) is 364 Å². The molecular weight excluding hydrogens is 937 g/mol. The summed E-state index contributed by atoms with van der Waals surface area (Å²) in [6.45, 7) is 0. The molecule has 300 valence electrons. The van der Waals surface area contributed by atoms with Crippen LogP contribution in [-0.4, -0.2) is 74.9 Å². The number of fused-ring (bicyclic) bond motifs is 2. The van der Waals surface area contributed by atoms with E-state index in [0.717, 1.165) is 24.3 Å². The van der Waals surface area contributed by atoms with E-state index in [4.69, 9.17) is 11.5 Å². The average Bonchev–Trinajstić information content (AvgIpc) is 3.12. The van der Waals surface area contributed by atoms with Crippen molar-refractivity contribution in [1.29, 1.82) is 0 Å². The number of ketones is 2. The van der Waals surface area contributed by atoms with Gasteiger partial charge in [-0.1, -0.05) is 36.4 Å². The van der Waals surface area contributed by atoms with Crippen molar-refractivity contribution in [2.75, 3.05) is 22.3 Å². The Hall–Kier alpha value is -2.38. The van der Waals surface area contributed by atoms with E-state index in [9.17, 15) is 61.5 Å². The van der Waals surface area contributed by atoms with Gasteiger partial charge in [-0.25, -0.2) is 33.7 Å². The number of anilines is 4. The Kier molecular flexibility index (Phi) is 19.1. The second-order valence-electron chi connectivity index (χ2n) is 12.2. The molecule has 0 amide bonds. The van der Waals surface area contributed by atoms with Gasteiger partial charge >= 0.3 is 118 Å². The molecule has 0 aromatic heterocycles. The Morgan fingerprint density at radius 2 is 0.790 bits per heavy atom. The maximum Gasteiger partial charge on any atom is 1.00 e. The van der Waals surface area contributed by atoms with Crippen LogP contribution in [0.5, 0.6) is 0 Å². The van der Waals surface area contributed by atoms with Crippen molar-refractivity contribution < 1.29 is 180 Å². The number of Topliss-reactive ketones (excluding diaryl/α,β-unsaturated/α-hetero) is 2. The molecule has 2 aliphatic carbocycles. The van der Waals surface area contributed by atoms with Gasteiger partial charge in [-0.2, -0.15) is 10.2 Å². The molecule has 4 aromatic carbocycles. The number of rotatable bonds is 10. The van der Waals surface area contributed by atoms with E-state index in [1.807, 2.05) is 0 Å². The van der Waals surface area contributed by atoms with Crippen LogP contribution < -0.4 is 141 Å². The van der Waals surface area contributed by atoms with Crippen molar-refractivity contribution in [3.63, 3.8) is 0 Å². The Balaban J connectivity index is 0.00000331. The van der Waals surface area contributed by atoms with Crippen molar-refractivity contribution in [3.8, 4) is 0 Å². The molecule has 4 aromatic rings. The van der Waals surface area contributed by atoms with E-state index < -0.39 is 94.4 Å². The van der Waals surface area contributed by atoms with Gasteiger partial charge in [0, 0.05) is 11.4 Å². The summed E-state index contributed by atoms with van der Waals surface area (Å²) in [4.78, 5) is 22.6. The Morgan fingerprint density at radius 3 is 1.06 bits per heavy atom. The monoisotopic (exact) mass is 958 g/mol. The summed E-state index contributed by atoms with van der Waals surface area (Å²) in [5.74, 6) is -2.24. The van der Waals surface area contributed by atoms with Gasteiger partial charge in [-0.05, 0) is 82.9 Å². The van der Waals surface area contributed by atoms with Crippen LogP contribution >= 0.6 is 0 Å². The van der Waals surface area contributed by atoms with Crippen LogP contribution in [0.25, 0.3) is 24.3 Å². The molecular formula is C34H22N6Na4O14S4. The van der Waals surface area contributed by atoms with Gasteiger partial charge in [0.15, 0.2) is 0 Å². The van der Waals surface area contributed by atoms with Crippen molar-refractivity contribution in [3.05, 3.63) is 116 Å². The molecule has 2 aliphatic rings. The van der Waals surface area contributed by atoms with Gasteiger partial charge < -0.3 is 29.7 Å². The predicted molar refractivity (Wildman–Crippen MR) is 206 cm³/mol. The van der Waals surface area contributed by atoms with Crippen molar-refractivity contribution in [1.82, 2.24) is 0 Å². The minimum atomic E-state index is -5.34. The van der Waals surface area contributed by atoms with E-state index >= 15 is 0 Å². The third kappa shape index (κ3) is 12.7. The zero-order chi connectivity index (χ0) is 42.5. The second-order valence-corrected chi connectivity index (χ2v) is 17.6. The molecule has 0 heterocycles. The van der Waals surface area contributed by atoms with Gasteiger partial charge in [0.1, 0.15) is 51.9 Å². The van der Waals surface area contributed by atoms with Crippen LogP contribution in [0.3, 0.4) is 0 Å². The fraction of sp³-hybridized carbons (Fsp3) is 0. The minimum Gasteiger partial charge on any atom is -0.744 e. The number of allylic oxidation sites excluding steroid dienone is 2. The minimum absolute atomic E-state index is 0. The Bertz CT molecular complexity index is 2900. The number of hydrogen-bond acceptors (Lipinski definition) is 20. The number of nitrogen functional groups attached to an aromatic ring is 2. The number of benzene rings is 4. The SMILES string of the molecule is Nc1cc(S(=O)(=O)[O-])cc2c1C(=O)/C(=N/Nc1ccc(/C=C/c3ccc(N/N=C4/C(=O)c5c(N)cc(S(=O)(=O)[O-])cc5C=C4S(=O)(=O)[O-])cc3)cc1)C(S(=O)(=O)[O-])=C2.[Na+].[Na+].[Na+].[Na+]. The van der Waals surface area contributed by atoms with Crippen molar-refractivity contribution in [2.45, 2.75) is 9.79 Å². The summed E-state index contributed by atoms with van der Waals surface area (Å²) in [5.41, 5.74) is 14.3. The number of carbonyl (C=O) groups excluding carboxylic acids is 2. The first-order chi connectivity index (χ1) is 26.9. The maximum atomic E-state index is 13.2. The van der Waals surface area contributed by atoms with Crippen LogP contribution in [0, 0.1) is 0 Å². The molecule has 0 saturated heterocycles. The quantitative estimate of drug-likeness (QED) is 0.0377. The molecule has 0 bridgehead atoms. The van der Waals surface area contributed by atoms with E-state index in [0.29, 0.717) is 23.3 Å². The molecule has 0 fully saturated rings. The molecule has 0 saturated carbocycles. The number of hydrazone groups is 2. The number of nitrogens with zero attached hydrogens (tertiary/aromatic N) is 2. The van der Waals surface area contributed by atoms with Crippen LogP contribution in [0.15, 0.2) is 103 Å². The van der Waals surface area contributed by atoms with E-state index in [1.165, 1.54) is 24.3 Å². The van der Waals surface area contributed by atoms with Crippen LogP contribution in [-0.2, 0) is 40.5 Å². The van der Waals surface area contributed by atoms with Gasteiger partial charge in [0.25, 0.3) is 0 Å². The second kappa shape index (κ2) is 21.3. The number of nitrogens with two attached hydrogens (primary N) is 2. The largest absolute Gasteiger partial charge is 1.00 e. The summed E-state index contributed by atoms with van der Waals surface area (Å²) in [6.07, 6.45) is 4.77. The fourth-order valence-electron chi connectivity index (χ4n) is 5.60. The zero-order valence-electron chi connectivity index (χ0n) is 32.6. The van der Waals surface area contributed by atoms with Crippen molar-refractivity contribution in [2.24, 2.45) is 10.2 Å². The molecule has 0 aliphatic heterocycles. The first-order valence-electron chi connectivity index (χ1n) is 15.7. The Morgan fingerprint density at radius 1 is 0.484 bits per heavy atom. The molecule has 0 atom stereocenters. The molecule has 0 spiro atoms. The van der Waals surface area contributed by atoms with Gasteiger partial charge in [-0.3, -0.25) is 20.4 Å². The standard InChI is InChI=1S/C34H26N6O14S4.4Na/c35-25-15-23(55(43,44)45)11-19-13-27(57(49,50)51)31(33(41)29(19)25)39-37-21-7-3-17(4-8-21)1-2-18-5-9-22(10-6-18)38-40-32-28(58(52,53)54)14-20-12-24(56(46,47)48)16-26(36)30(20)34(32)42;;;;/h1-16,37-38H,35-36H2,(H,43,44,45)(H,46,47,48)(H,49,50,51)(H,52,53,54);;;;/q;4*+1/p-4/b2-1+,39-31+,40-32+;;;;. The summed E-state index contributed by atoms with van der Waals surface area (Å²) in [5, 5.41) is 7.63. The maximum absolute atomic E-state index is 13.2. The molecule has 0 radical (unpaired) electrons. The van der Waals surface area contributed by atoms with E-state index in [-0.39, 0.29) is 152 Å². The third-order valence-corrected chi connectivity index (χ3v) is 11.6. The molecule has 28 heteroatoms. The molecule has 0 unspecified atom stereocenters. The summed E-state index contributed by atoms with van der Waals surface area (Å²) in [7, 11) is -20.8. The van der Waals surface area contributed by atoms with Gasteiger partial charge in [0.2, 0.25) is 11.6 Å². The number of hydrogen-bond donors (Lipinski definition) is 4. The smallest absolute Gasteiger partial charge is 0.744 e. The van der Waals surface area contributed by atoms with Crippen LogP contribution in [0.4, 0.5) is 22.7 Å². The van der Waals surface area contributed by atoms with E-state index in [2.05, 4.69) is 21.1 Å². The summed E-state index contributed by atoms with van der Waals surface area (Å²) in [6, 6.07) is 15.3. The average molecular weight is 959 g/mol. The van der Waals surface area contributed by atoms with Crippen molar-refractivity contribution >= 4 is 111 Å². The molecule has 20 nitrogen and oxygen atoms in total. The number of nitrogens with one attached hydrogen (secondary N) is 2. The van der Waals surface area contributed by atoms with Crippen LogP contribution in [0.2, 0.25) is 0 Å². The molecule has 62 heavy (non-hydrogen) atoms. The van der Waals surface area contributed by atoms with Crippen LogP contribution in [0.1, 0.15) is 43.0 Å². The first kappa shape index (κ1) is 55.8. The van der Waals surface area contributed by atoms with Gasteiger partial charge in [-0.15, -0.1) is 0 Å². The summed E-state index contributed by atoms with van der Waals surface area (Å²) < 4.78 is 141. The van der Waals surface area contributed by atoms with Gasteiger partial charge in [0.05, 0.1) is 42.1 Å². The Labute approximate surface area is 442 Å². The summed E-state index contributed by atoms with van der Waals surface area (Å²) >= 11 is 0. The third-order valence-electron chi connectivity index (χ3n) is 8.27. The molecule has 6 rings (SSSR count). The molecule has 6 N–H and O–H groups in total. The fourth-order valence-corrected chi connectivity index (χ4v) is 7.98. The van der Waals surface area contributed by atoms with E-state index in [1.54, 1.807) is 36.4 Å². The predicted octanol–water partition coefficient (Wildman–Crippen LogP) is -10.1. The normalized spacial score (nSPS) is 15.2. The number of carbonyl (C=O) groups is 2. The zero-order valence-corrected chi connectivity index (χ0v) is 43.9. The first-order valence-corrected chi connectivity index (χ1v) is 21.3.